The molecule has 0 saturated heterocycles. The third kappa shape index (κ3) is 4.92. The Morgan fingerprint density at radius 1 is 1.11 bits per heavy atom. The third-order valence-electron chi connectivity index (χ3n) is 4.73. The summed E-state index contributed by atoms with van der Waals surface area (Å²) in [5.41, 5.74) is 2.79. The van der Waals surface area contributed by atoms with E-state index < -0.39 is 29.7 Å². The van der Waals surface area contributed by atoms with Crippen molar-refractivity contribution in [3.63, 3.8) is 0 Å². The normalized spacial score (nSPS) is 17.4. The molecule has 2 aromatic carbocycles. The Morgan fingerprint density at radius 3 is 2.43 bits per heavy atom. The summed E-state index contributed by atoms with van der Waals surface area (Å²) in [4.78, 5) is 38.0. The molecule has 2 N–H and O–H groups in total. The number of carboxylic acids is 1. The molecule has 0 spiro atoms. The van der Waals surface area contributed by atoms with E-state index in [1.54, 1.807) is 0 Å². The number of fused-ring (bicyclic) bond motifs is 1. The number of rotatable bonds is 6. The van der Waals surface area contributed by atoms with Crippen molar-refractivity contribution in [3.8, 4) is 0 Å². The minimum absolute atomic E-state index is 0.210. The Labute approximate surface area is 169 Å². The molecular weight excluding hydrogens is 376 g/mol. The first-order valence-corrected chi connectivity index (χ1v) is 9.55. The molecule has 7 heteroatoms. The third-order valence-corrected chi connectivity index (χ3v) is 5.15. The molecule has 2 atom stereocenters. The number of hydrogen-bond donors (Lipinski definition) is 3. The highest BCUT2D eigenvalue weighted by Crippen LogP contribution is 2.20. The van der Waals surface area contributed by atoms with Gasteiger partial charge in [0.05, 0.1) is 5.25 Å². The van der Waals surface area contributed by atoms with E-state index in [4.69, 9.17) is 5.11 Å². The van der Waals surface area contributed by atoms with Crippen LogP contribution >= 0.6 is 12.6 Å². The number of benzene rings is 2. The summed E-state index contributed by atoms with van der Waals surface area (Å²) >= 11 is 4.39. The summed E-state index contributed by atoms with van der Waals surface area (Å²) in [6, 6.07) is 16.2. The SMILES string of the molecule is O=C(O)CN1Cc2ccccc2CC(NC(=O)[C@@H](S)Cc2ccccc2)C1=O. The van der Waals surface area contributed by atoms with Gasteiger partial charge >= 0.3 is 5.97 Å². The van der Waals surface area contributed by atoms with Crippen LogP contribution in [-0.2, 0) is 33.8 Å². The second kappa shape index (κ2) is 8.93. The van der Waals surface area contributed by atoms with Crippen LogP contribution in [0.4, 0.5) is 0 Å². The van der Waals surface area contributed by atoms with Crippen LogP contribution < -0.4 is 5.32 Å². The maximum absolute atomic E-state index is 12.9. The van der Waals surface area contributed by atoms with Crippen LogP contribution in [0.3, 0.4) is 0 Å². The quantitative estimate of drug-likeness (QED) is 0.646. The summed E-state index contributed by atoms with van der Waals surface area (Å²) in [5, 5.41) is 11.3. The Balaban J connectivity index is 1.76. The largest absolute Gasteiger partial charge is 0.480 e. The summed E-state index contributed by atoms with van der Waals surface area (Å²) < 4.78 is 0. The lowest BCUT2D eigenvalue weighted by atomic mass is 10.0. The summed E-state index contributed by atoms with van der Waals surface area (Å²) in [7, 11) is 0. The van der Waals surface area contributed by atoms with Gasteiger partial charge in [0.15, 0.2) is 0 Å². The van der Waals surface area contributed by atoms with Crippen LogP contribution in [0.1, 0.15) is 16.7 Å². The van der Waals surface area contributed by atoms with Gasteiger partial charge in [-0.1, -0.05) is 54.6 Å². The molecule has 0 saturated carbocycles. The van der Waals surface area contributed by atoms with Crippen molar-refractivity contribution in [1.82, 2.24) is 10.2 Å². The number of carbonyl (C=O) groups excluding carboxylic acids is 2. The van der Waals surface area contributed by atoms with Gasteiger partial charge in [-0.15, -0.1) is 0 Å². The maximum atomic E-state index is 12.9. The van der Waals surface area contributed by atoms with Gasteiger partial charge in [-0.3, -0.25) is 14.4 Å². The van der Waals surface area contributed by atoms with E-state index in [2.05, 4.69) is 17.9 Å². The van der Waals surface area contributed by atoms with Crippen LogP contribution in [0.5, 0.6) is 0 Å². The minimum atomic E-state index is -1.09. The monoisotopic (exact) mass is 398 g/mol. The fraction of sp³-hybridized carbons (Fsp3) is 0.286. The standard InChI is InChI=1S/C21H22N2O4S/c24-19(25)13-23-12-16-9-5-4-8-15(16)11-17(21(23)27)22-20(26)18(28)10-14-6-2-1-3-7-14/h1-9,17-18,28H,10-13H2,(H,22,26)(H,24,25)/t17?,18-/m0/s1. The zero-order valence-electron chi connectivity index (χ0n) is 15.2. The molecule has 2 amide bonds. The van der Waals surface area contributed by atoms with Crippen molar-refractivity contribution in [2.24, 2.45) is 0 Å². The lowest BCUT2D eigenvalue weighted by Crippen LogP contribution is -2.51. The van der Waals surface area contributed by atoms with E-state index in [1.165, 1.54) is 4.90 Å². The number of aliphatic carboxylic acids is 1. The average molecular weight is 398 g/mol. The van der Waals surface area contributed by atoms with Gasteiger partial charge < -0.3 is 15.3 Å². The van der Waals surface area contributed by atoms with Crippen LogP contribution in [0.25, 0.3) is 0 Å². The smallest absolute Gasteiger partial charge is 0.323 e. The highest BCUT2D eigenvalue weighted by atomic mass is 32.1. The van der Waals surface area contributed by atoms with Crippen LogP contribution in [0, 0.1) is 0 Å². The molecule has 0 bridgehead atoms. The van der Waals surface area contributed by atoms with Crippen molar-refractivity contribution in [2.75, 3.05) is 6.54 Å². The zero-order valence-corrected chi connectivity index (χ0v) is 16.1. The van der Waals surface area contributed by atoms with E-state index in [9.17, 15) is 14.4 Å². The predicted octanol–water partition coefficient (Wildman–Crippen LogP) is 1.68. The summed E-state index contributed by atoms with van der Waals surface area (Å²) in [6.45, 7) is -0.199. The van der Waals surface area contributed by atoms with Crippen LogP contribution in [0.2, 0.25) is 0 Å². The summed E-state index contributed by atoms with van der Waals surface area (Å²) in [5.74, 6) is -1.83. The first-order chi connectivity index (χ1) is 13.4. The van der Waals surface area contributed by atoms with E-state index in [1.807, 2.05) is 54.6 Å². The van der Waals surface area contributed by atoms with Gasteiger partial charge in [-0.2, -0.15) is 12.6 Å². The highest BCUT2D eigenvalue weighted by molar-refractivity contribution is 7.81. The molecule has 0 aromatic heterocycles. The molecule has 1 aliphatic heterocycles. The second-order valence-corrected chi connectivity index (χ2v) is 7.45. The Hall–Kier alpha value is -2.80. The van der Waals surface area contributed by atoms with Gasteiger partial charge in [0, 0.05) is 13.0 Å². The van der Waals surface area contributed by atoms with E-state index in [0.717, 1.165) is 16.7 Å². The van der Waals surface area contributed by atoms with Crippen molar-refractivity contribution < 1.29 is 19.5 Å². The number of nitrogens with zero attached hydrogens (tertiary/aromatic N) is 1. The first kappa shape index (κ1) is 19.9. The predicted molar refractivity (Wildman–Crippen MR) is 108 cm³/mol. The molecule has 0 fully saturated rings. The molecule has 28 heavy (non-hydrogen) atoms. The first-order valence-electron chi connectivity index (χ1n) is 9.04. The average Bonchev–Trinajstić information content (AvgIpc) is 2.79. The van der Waals surface area contributed by atoms with Gasteiger partial charge in [0.25, 0.3) is 0 Å². The molecular formula is C21H22N2O4S. The zero-order chi connectivity index (χ0) is 20.1. The van der Waals surface area contributed by atoms with Gasteiger partial charge in [0.1, 0.15) is 12.6 Å². The number of thiol groups is 1. The number of hydrogen-bond acceptors (Lipinski definition) is 4. The van der Waals surface area contributed by atoms with Gasteiger partial charge in [-0.25, -0.2) is 0 Å². The number of amides is 2. The molecule has 1 unspecified atom stereocenters. The lowest BCUT2D eigenvalue weighted by Gasteiger charge is -2.24. The molecule has 146 valence electrons. The van der Waals surface area contributed by atoms with E-state index in [0.29, 0.717) is 12.8 Å². The minimum Gasteiger partial charge on any atom is -0.480 e. The Morgan fingerprint density at radius 2 is 1.75 bits per heavy atom. The number of carbonyl (C=O) groups is 3. The second-order valence-electron chi connectivity index (χ2n) is 6.83. The van der Waals surface area contributed by atoms with Crippen molar-refractivity contribution in [3.05, 3.63) is 71.3 Å². The van der Waals surface area contributed by atoms with Gasteiger partial charge in [0.2, 0.25) is 11.8 Å². The molecule has 0 radical (unpaired) electrons. The van der Waals surface area contributed by atoms with Crippen molar-refractivity contribution in [1.29, 1.82) is 0 Å². The maximum Gasteiger partial charge on any atom is 0.323 e. The molecule has 1 aliphatic rings. The summed E-state index contributed by atoms with van der Waals surface area (Å²) in [6.07, 6.45) is 0.759. The van der Waals surface area contributed by atoms with Crippen LogP contribution in [0.15, 0.2) is 54.6 Å². The number of carboxylic acid groups (broad SMARTS) is 1. The Kier molecular flexibility index (Phi) is 6.36. The molecule has 3 rings (SSSR count). The van der Waals surface area contributed by atoms with Crippen LogP contribution in [-0.4, -0.2) is 45.6 Å². The molecule has 0 aliphatic carbocycles. The lowest BCUT2D eigenvalue weighted by molar-refractivity contribution is -0.146. The molecule has 1 heterocycles. The fourth-order valence-electron chi connectivity index (χ4n) is 3.33. The topological polar surface area (TPSA) is 86.7 Å². The Bertz CT molecular complexity index is 872. The van der Waals surface area contributed by atoms with Crippen molar-refractivity contribution >= 4 is 30.4 Å². The highest BCUT2D eigenvalue weighted by Gasteiger charge is 2.32. The van der Waals surface area contributed by atoms with Crippen molar-refractivity contribution in [2.45, 2.75) is 30.7 Å². The van der Waals surface area contributed by atoms with Gasteiger partial charge in [-0.05, 0) is 23.1 Å². The fourth-order valence-corrected chi connectivity index (χ4v) is 3.62. The van der Waals surface area contributed by atoms with E-state index >= 15 is 0 Å². The molecule has 6 nitrogen and oxygen atoms in total. The van der Waals surface area contributed by atoms with E-state index in [-0.39, 0.29) is 12.5 Å². The molecule has 2 aromatic rings. The number of nitrogens with one attached hydrogen (secondary N) is 1.